The molecule has 180 valence electrons. The van der Waals surface area contributed by atoms with Crippen LogP contribution in [0.5, 0.6) is 17.2 Å². The van der Waals surface area contributed by atoms with Crippen molar-refractivity contribution in [3.05, 3.63) is 48.0 Å². The summed E-state index contributed by atoms with van der Waals surface area (Å²) in [5.74, 6) is 1.02. The summed E-state index contributed by atoms with van der Waals surface area (Å²) in [7, 11) is 1.55. The number of benzene rings is 2. The second-order valence-corrected chi connectivity index (χ2v) is 8.44. The molecule has 2 aromatic carbocycles. The molecule has 0 unspecified atom stereocenters. The quantitative estimate of drug-likeness (QED) is 0.122. The number of aromatic hydroxyl groups is 1. The first-order valence-electron chi connectivity index (χ1n) is 12.3. The van der Waals surface area contributed by atoms with Crippen LogP contribution in [0.15, 0.2) is 47.5 Å². The number of aliphatic imine (C=N–C) groups is 1. The maximum absolute atomic E-state index is 12.1. The minimum absolute atomic E-state index is 0.103. The lowest BCUT2D eigenvalue weighted by molar-refractivity contribution is -0.134. The van der Waals surface area contributed by atoms with Crippen LogP contribution in [-0.4, -0.2) is 24.4 Å². The van der Waals surface area contributed by atoms with Gasteiger partial charge in [-0.3, -0.25) is 9.79 Å². The summed E-state index contributed by atoms with van der Waals surface area (Å²) in [4.78, 5) is 16.4. The van der Waals surface area contributed by atoms with Crippen LogP contribution in [0.1, 0.15) is 89.5 Å². The summed E-state index contributed by atoms with van der Waals surface area (Å²) in [5.41, 5.74) is 1.30. The average Bonchev–Trinajstić information content (AvgIpc) is 2.82. The van der Waals surface area contributed by atoms with Crippen molar-refractivity contribution in [1.82, 2.24) is 0 Å². The smallest absolute Gasteiger partial charge is 0.311 e. The summed E-state index contributed by atoms with van der Waals surface area (Å²) >= 11 is 0. The molecule has 0 aliphatic heterocycles. The number of carbonyl (C=O) groups excluding carboxylic acids is 1. The van der Waals surface area contributed by atoms with E-state index in [-0.39, 0.29) is 11.7 Å². The van der Waals surface area contributed by atoms with Gasteiger partial charge in [-0.2, -0.15) is 0 Å². The number of carbonyl (C=O) groups is 1. The van der Waals surface area contributed by atoms with E-state index in [9.17, 15) is 9.90 Å². The molecule has 2 aromatic rings. The molecule has 0 atom stereocenters. The number of phenolic OH excluding ortho intramolecular Hbond substituents is 1. The van der Waals surface area contributed by atoms with Crippen LogP contribution in [0, 0.1) is 0 Å². The van der Waals surface area contributed by atoms with Crippen LogP contribution in [-0.2, 0) is 4.79 Å². The summed E-state index contributed by atoms with van der Waals surface area (Å²) in [6.45, 7) is 2.25. The van der Waals surface area contributed by atoms with E-state index < -0.39 is 0 Å². The third-order valence-electron chi connectivity index (χ3n) is 5.64. The molecule has 0 radical (unpaired) electrons. The van der Waals surface area contributed by atoms with E-state index in [1.165, 1.54) is 57.8 Å². The molecule has 1 N–H and O–H groups in total. The molecule has 0 saturated heterocycles. The van der Waals surface area contributed by atoms with Gasteiger partial charge >= 0.3 is 5.97 Å². The minimum Gasteiger partial charge on any atom is -0.507 e. The Morgan fingerprint density at radius 1 is 0.848 bits per heavy atom. The van der Waals surface area contributed by atoms with Gasteiger partial charge in [0.1, 0.15) is 17.2 Å². The molecule has 0 fully saturated rings. The highest BCUT2D eigenvalue weighted by Gasteiger charge is 2.05. The lowest BCUT2D eigenvalue weighted by Crippen LogP contribution is -2.07. The molecule has 0 bridgehead atoms. The minimum atomic E-state index is -0.190. The molecule has 0 saturated carbocycles. The highest BCUT2D eigenvalue weighted by Crippen LogP contribution is 2.24. The third-order valence-corrected chi connectivity index (χ3v) is 5.64. The van der Waals surface area contributed by atoms with Gasteiger partial charge in [0.25, 0.3) is 0 Å². The maximum atomic E-state index is 12.1. The summed E-state index contributed by atoms with van der Waals surface area (Å²) < 4.78 is 10.5. The van der Waals surface area contributed by atoms with Crippen molar-refractivity contribution in [2.45, 2.75) is 84.0 Å². The molecule has 5 nitrogen and oxygen atoms in total. The predicted molar refractivity (Wildman–Crippen MR) is 135 cm³/mol. The van der Waals surface area contributed by atoms with Gasteiger partial charge in [-0.1, -0.05) is 71.1 Å². The molecule has 0 amide bonds. The number of phenols is 1. The normalized spacial score (nSPS) is 11.1. The SMILES string of the molecule is CCCCCCCCCCCCCC(=O)Oc1ccc(N=Cc2ccc(OC)cc2O)cc1. The van der Waals surface area contributed by atoms with Gasteiger partial charge in [0, 0.05) is 24.3 Å². The fourth-order valence-corrected chi connectivity index (χ4v) is 3.62. The molecule has 0 aliphatic rings. The summed E-state index contributed by atoms with van der Waals surface area (Å²) in [5, 5.41) is 9.99. The second-order valence-electron chi connectivity index (χ2n) is 8.44. The first kappa shape index (κ1) is 26.4. The lowest BCUT2D eigenvalue weighted by atomic mass is 10.1. The van der Waals surface area contributed by atoms with Gasteiger partial charge in [0.2, 0.25) is 0 Å². The van der Waals surface area contributed by atoms with E-state index in [0.717, 1.165) is 12.8 Å². The summed E-state index contributed by atoms with van der Waals surface area (Å²) in [6, 6.07) is 12.1. The van der Waals surface area contributed by atoms with E-state index in [2.05, 4.69) is 11.9 Å². The zero-order valence-corrected chi connectivity index (χ0v) is 20.2. The molecule has 0 aromatic heterocycles. The van der Waals surface area contributed by atoms with Crippen LogP contribution in [0.4, 0.5) is 5.69 Å². The van der Waals surface area contributed by atoms with Gasteiger partial charge in [0.15, 0.2) is 0 Å². The molecule has 0 aliphatic carbocycles. The number of methoxy groups -OCH3 is 1. The predicted octanol–water partition coefficient (Wildman–Crippen LogP) is 7.76. The molecule has 2 rings (SSSR count). The number of hydrogen-bond donors (Lipinski definition) is 1. The second kappa shape index (κ2) is 15.9. The van der Waals surface area contributed by atoms with Gasteiger partial charge < -0.3 is 14.6 Å². The monoisotopic (exact) mass is 453 g/mol. The van der Waals surface area contributed by atoms with Crippen molar-refractivity contribution in [3.63, 3.8) is 0 Å². The Morgan fingerprint density at radius 2 is 1.42 bits per heavy atom. The van der Waals surface area contributed by atoms with Crippen LogP contribution in [0.3, 0.4) is 0 Å². The Hall–Kier alpha value is -2.82. The zero-order valence-electron chi connectivity index (χ0n) is 20.2. The van der Waals surface area contributed by atoms with Gasteiger partial charge in [-0.25, -0.2) is 0 Å². The van der Waals surface area contributed by atoms with Crippen LogP contribution < -0.4 is 9.47 Å². The number of hydrogen-bond acceptors (Lipinski definition) is 5. The maximum Gasteiger partial charge on any atom is 0.311 e. The van der Waals surface area contributed by atoms with Crippen molar-refractivity contribution in [1.29, 1.82) is 0 Å². The first-order valence-corrected chi connectivity index (χ1v) is 12.3. The number of rotatable bonds is 16. The van der Waals surface area contributed by atoms with Gasteiger partial charge in [0.05, 0.1) is 12.8 Å². The van der Waals surface area contributed by atoms with Crippen molar-refractivity contribution >= 4 is 17.9 Å². The standard InChI is InChI=1S/C28H39NO4/c1-3-4-5-6-7-8-9-10-11-12-13-14-28(31)33-25-19-16-24(17-20-25)29-22-23-15-18-26(32-2)21-27(23)30/h15-22,30H,3-14H2,1-2H3. The summed E-state index contributed by atoms with van der Waals surface area (Å²) in [6.07, 6.45) is 15.9. The highest BCUT2D eigenvalue weighted by atomic mass is 16.5. The Kier molecular flexibility index (Phi) is 12.7. The van der Waals surface area contributed by atoms with Crippen LogP contribution in [0.2, 0.25) is 0 Å². The molecule has 0 heterocycles. The topological polar surface area (TPSA) is 68.1 Å². The fourth-order valence-electron chi connectivity index (χ4n) is 3.62. The van der Waals surface area contributed by atoms with Crippen molar-refractivity contribution in [2.24, 2.45) is 4.99 Å². The molecule has 5 heteroatoms. The van der Waals surface area contributed by atoms with Crippen LogP contribution >= 0.6 is 0 Å². The van der Waals surface area contributed by atoms with Crippen molar-refractivity contribution in [2.75, 3.05) is 7.11 Å². The molecular weight excluding hydrogens is 414 g/mol. The number of esters is 1. The van der Waals surface area contributed by atoms with Crippen molar-refractivity contribution in [3.8, 4) is 17.2 Å². The van der Waals surface area contributed by atoms with Gasteiger partial charge in [-0.15, -0.1) is 0 Å². The number of nitrogens with zero attached hydrogens (tertiary/aromatic N) is 1. The third kappa shape index (κ3) is 11.0. The highest BCUT2D eigenvalue weighted by molar-refractivity contribution is 5.85. The van der Waals surface area contributed by atoms with Crippen LogP contribution in [0.25, 0.3) is 0 Å². The number of unbranched alkanes of at least 4 members (excludes halogenated alkanes) is 10. The Labute approximate surface area is 198 Å². The Balaban J connectivity index is 1.61. The van der Waals surface area contributed by atoms with E-state index in [4.69, 9.17) is 9.47 Å². The van der Waals surface area contributed by atoms with E-state index in [0.29, 0.717) is 29.2 Å². The van der Waals surface area contributed by atoms with E-state index in [1.54, 1.807) is 55.8 Å². The average molecular weight is 454 g/mol. The first-order chi connectivity index (χ1) is 16.1. The zero-order chi connectivity index (χ0) is 23.7. The molecular formula is C28H39NO4. The van der Waals surface area contributed by atoms with E-state index >= 15 is 0 Å². The lowest BCUT2D eigenvalue weighted by Gasteiger charge is -2.05. The molecule has 33 heavy (non-hydrogen) atoms. The van der Waals surface area contributed by atoms with Gasteiger partial charge in [-0.05, 0) is 42.8 Å². The Bertz CT molecular complexity index is 845. The van der Waals surface area contributed by atoms with Crippen molar-refractivity contribution < 1.29 is 19.4 Å². The Morgan fingerprint density at radius 3 is 2.00 bits per heavy atom. The molecule has 0 spiro atoms. The van der Waals surface area contributed by atoms with E-state index in [1.807, 2.05) is 0 Å². The fraction of sp³-hybridized carbons (Fsp3) is 0.500. The number of ether oxygens (including phenoxy) is 2. The largest absolute Gasteiger partial charge is 0.507 e.